The maximum Gasteiger partial charge on any atom is 0.248 e. The largest absolute Gasteiger partial charge is 0.494 e. The number of methoxy groups -OCH3 is 2. The third kappa shape index (κ3) is 9.55. The van der Waals surface area contributed by atoms with Crippen molar-refractivity contribution in [3.05, 3.63) is 53.6 Å². The van der Waals surface area contributed by atoms with Gasteiger partial charge in [-0.05, 0) is 48.7 Å². The van der Waals surface area contributed by atoms with Crippen LogP contribution in [0.15, 0.2) is 42.5 Å². The first-order chi connectivity index (χ1) is 21.0. The SMILES string of the molecule is CCN(C)C(=O)CO[C@@H]1CNC[C@H](OCc2ccc3c(c2)N(CCCOC)CCO3)[C@H]1c1ccc(OCCCOC)cc1. The molecule has 1 saturated heterocycles. The van der Waals surface area contributed by atoms with Crippen LogP contribution in [0.5, 0.6) is 11.5 Å². The molecule has 1 fully saturated rings. The summed E-state index contributed by atoms with van der Waals surface area (Å²) < 4.78 is 35.1. The third-order valence-electron chi connectivity index (χ3n) is 8.06. The fourth-order valence-corrected chi connectivity index (χ4v) is 5.50. The van der Waals surface area contributed by atoms with E-state index in [-0.39, 0.29) is 30.6 Å². The van der Waals surface area contributed by atoms with Gasteiger partial charge in [0, 0.05) is 73.0 Å². The van der Waals surface area contributed by atoms with E-state index in [2.05, 4.69) is 34.5 Å². The van der Waals surface area contributed by atoms with Gasteiger partial charge in [0.1, 0.15) is 24.7 Å². The second-order valence-corrected chi connectivity index (χ2v) is 11.0. The fourth-order valence-electron chi connectivity index (χ4n) is 5.50. The molecule has 2 aliphatic rings. The van der Waals surface area contributed by atoms with E-state index >= 15 is 0 Å². The van der Waals surface area contributed by atoms with Gasteiger partial charge in [-0.25, -0.2) is 0 Å². The molecule has 0 aromatic heterocycles. The second-order valence-electron chi connectivity index (χ2n) is 11.0. The summed E-state index contributed by atoms with van der Waals surface area (Å²) in [4.78, 5) is 16.6. The lowest BCUT2D eigenvalue weighted by molar-refractivity contribution is -0.139. The molecule has 1 N–H and O–H groups in total. The van der Waals surface area contributed by atoms with E-state index in [4.69, 9.17) is 28.4 Å². The monoisotopic (exact) mass is 599 g/mol. The fraction of sp³-hybridized carbons (Fsp3) is 0.606. The minimum absolute atomic E-state index is 0.0320. The summed E-state index contributed by atoms with van der Waals surface area (Å²) in [6.07, 6.45) is 1.41. The molecule has 43 heavy (non-hydrogen) atoms. The number of nitrogens with one attached hydrogen (secondary N) is 1. The first-order valence-corrected chi connectivity index (χ1v) is 15.4. The number of hydrogen-bond acceptors (Lipinski definition) is 9. The lowest BCUT2D eigenvalue weighted by Gasteiger charge is -2.39. The Balaban J connectivity index is 1.47. The van der Waals surface area contributed by atoms with Crippen LogP contribution in [0.1, 0.15) is 36.8 Å². The highest BCUT2D eigenvalue weighted by atomic mass is 16.5. The summed E-state index contributed by atoms with van der Waals surface area (Å²) in [5.41, 5.74) is 3.28. The van der Waals surface area contributed by atoms with Gasteiger partial charge in [-0.2, -0.15) is 0 Å². The van der Waals surface area contributed by atoms with E-state index in [0.29, 0.717) is 46.1 Å². The molecule has 2 aromatic carbocycles. The molecule has 2 heterocycles. The Kier molecular flexibility index (Phi) is 13.4. The zero-order valence-electron chi connectivity index (χ0n) is 26.2. The number of carbonyl (C=O) groups excluding carboxylic acids is 1. The Morgan fingerprint density at radius 2 is 1.74 bits per heavy atom. The highest BCUT2D eigenvalue weighted by Crippen LogP contribution is 2.35. The van der Waals surface area contributed by atoms with Gasteiger partial charge in [0.15, 0.2) is 0 Å². The van der Waals surface area contributed by atoms with Crippen molar-refractivity contribution in [1.82, 2.24) is 10.2 Å². The zero-order chi connectivity index (χ0) is 30.4. The number of ether oxygens (including phenoxy) is 6. The second kappa shape index (κ2) is 17.4. The third-order valence-corrected chi connectivity index (χ3v) is 8.06. The predicted molar refractivity (Wildman–Crippen MR) is 166 cm³/mol. The summed E-state index contributed by atoms with van der Waals surface area (Å²) in [5.74, 6) is 1.63. The number of piperidine rings is 1. The standard InChI is InChI=1S/C33H49N3O7/c1-5-35(2)32(37)24-43-31-22-34-21-30(33(31)26-9-11-27(12-10-26)40-18-7-17-39-4)42-23-25-8-13-29-28(20-25)36(15-19-41-29)14-6-16-38-3/h8-13,20,30-31,33-34H,5-7,14-19,21-24H2,1-4H3/t30-,31+,33+/m0/s1. The highest BCUT2D eigenvalue weighted by molar-refractivity contribution is 5.77. The summed E-state index contributed by atoms with van der Waals surface area (Å²) in [6.45, 7) is 8.84. The molecule has 0 spiro atoms. The molecule has 10 nitrogen and oxygen atoms in total. The number of hydrogen-bond donors (Lipinski definition) is 1. The number of anilines is 1. The normalized spacial score (nSPS) is 19.9. The Morgan fingerprint density at radius 1 is 1.00 bits per heavy atom. The van der Waals surface area contributed by atoms with Crippen LogP contribution < -0.4 is 19.7 Å². The zero-order valence-corrected chi connectivity index (χ0v) is 26.2. The van der Waals surface area contributed by atoms with E-state index in [1.807, 2.05) is 25.1 Å². The van der Waals surface area contributed by atoms with Crippen molar-refractivity contribution >= 4 is 11.6 Å². The molecule has 3 atom stereocenters. The van der Waals surface area contributed by atoms with E-state index in [1.165, 1.54) is 0 Å². The Morgan fingerprint density at radius 3 is 2.49 bits per heavy atom. The van der Waals surface area contributed by atoms with Crippen molar-refractivity contribution in [1.29, 1.82) is 0 Å². The molecule has 0 radical (unpaired) electrons. The van der Waals surface area contributed by atoms with Crippen LogP contribution >= 0.6 is 0 Å². The minimum atomic E-state index is -0.227. The first-order valence-electron chi connectivity index (χ1n) is 15.4. The average Bonchev–Trinajstić information content (AvgIpc) is 3.04. The highest BCUT2D eigenvalue weighted by Gasteiger charge is 2.36. The smallest absolute Gasteiger partial charge is 0.248 e. The molecule has 0 aliphatic carbocycles. The number of carbonyl (C=O) groups is 1. The van der Waals surface area contributed by atoms with Crippen LogP contribution in [-0.4, -0.2) is 110 Å². The van der Waals surface area contributed by atoms with Gasteiger partial charge in [-0.15, -0.1) is 0 Å². The van der Waals surface area contributed by atoms with Crippen LogP contribution in [-0.2, 0) is 30.3 Å². The summed E-state index contributed by atoms with van der Waals surface area (Å²) in [6, 6.07) is 14.5. The van der Waals surface area contributed by atoms with Gasteiger partial charge in [-0.1, -0.05) is 18.2 Å². The van der Waals surface area contributed by atoms with Crippen molar-refractivity contribution < 1.29 is 33.2 Å². The number of amides is 1. The van der Waals surface area contributed by atoms with Crippen molar-refractivity contribution in [3.63, 3.8) is 0 Å². The maximum atomic E-state index is 12.6. The molecule has 0 saturated carbocycles. The summed E-state index contributed by atoms with van der Waals surface area (Å²) >= 11 is 0. The number of fused-ring (bicyclic) bond motifs is 1. The summed E-state index contributed by atoms with van der Waals surface area (Å²) in [5, 5.41) is 3.47. The van der Waals surface area contributed by atoms with Crippen molar-refractivity contribution in [2.75, 3.05) is 91.9 Å². The molecular weight excluding hydrogens is 550 g/mol. The topological polar surface area (TPSA) is 91.0 Å². The van der Waals surface area contributed by atoms with Gasteiger partial charge >= 0.3 is 0 Å². The predicted octanol–water partition coefficient (Wildman–Crippen LogP) is 3.47. The average molecular weight is 600 g/mol. The molecule has 10 heteroatoms. The van der Waals surface area contributed by atoms with Crippen molar-refractivity contribution in [2.24, 2.45) is 0 Å². The van der Waals surface area contributed by atoms with Crippen LogP contribution in [0, 0.1) is 0 Å². The maximum absolute atomic E-state index is 12.6. The molecule has 4 rings (SSSR count). The van der Waals surface area contributed by atoms with E-state index < -0.39 is 0 Å². The van der Waals surface area contributed by atoms with Crippen LogP contribution in [0.4, 0.5) is 5.69 Å². The first kappa shape index (κ1) is 33.0. The number of likely N-dealkylation sites (N-methyl/N-ethyl adjacent to an activating group) is 1. The molecule has 2 aliphatic heterocycles. The van der Waals surface area contributed by atoms with E-state index in [9.17, 15) is 4.79 Å². The number of nitrogens with zero attached hydrogens (tertiary/aromatic N) is 2. The van der Waals surface area contributed by atoms with Gasteiger partial charge in [0.2, 0.25) is 5.91 Å². The van der Waals surface area contributed by atoms with Crippen LogP contribution in [0.25, 0.3) is 0 Å². The van der Waals surface area contributed by atoms with Crippen molar-refractivity contribution in [3.8, 4) is 11.5 Å². The minimum Gasteiger partial charge on any atom is -0.494 e. The van der Waals surface area contributed by atoms with Crippen LogP contribution in [0.2, 0.25) is 0 Å². The Labute approximate surface area is 256 Å². The van der Waals surface area contributed by atoms with Gasteiger partial charge in [0.25, 0.3) is 0 Å². The van der Waals surface area contributed by atoms with Crippen molar-refractivity contribution in [2.45, 2.75) is 44.5 Å². The Bertz CT molecular complexity index is 1120. The molecule has 1 amide bonds. The lowest BCUT2D eigenvalue weighted by Crippen LogP contribution is -2.51. The number of rotatable bonds is 17. The molecule has 0 bridgehead atoms. The van der Waals surface area contributed by atoms with E-state index in [1.54, 1.807) is 26.2 Å². The Hall–Kier alpha value is -2.89. The van der Waals surface area contributed by atoms with Gasteiger partial charge in [-0.3, -0.25) is 4.79 Å². The van der Waals surface area contributed by atoms with Gasteiger partial charge in [0.05, 0.1) is 37.7 Å². The molecule has 2 aromatic rings. The lowest BCUT2D eigenvalue weighted by atomic mass is 9.85. The van der Waals surface area contributed by atoms with Crippen LogP contribution in [0.3, 0.4) is 0 Å². The number of benzene rings is 2. The molecule has 238 valence electrons. The van der Waals surface area contributed by atoms with E-state index in [0.717, 1.165) is 60.9 Å². The molecule has 0 unspecified atom stereocenters. The quantitative estimate of drug-likeness (QED) is 0.275. The summed E-state index contributed by atoms with van der Waals surface area (Å²) in [7, 11) is 5.22. The van der Waals surface area contributed by atoms with Gasteiger partial charge < -0.3 is 43.5 Å². The molecular formula is C33H49N3O7.